The maximum Gasteiger partial charge on any atom is 0.408 e. The van der Waals surface area contributed by atoms with Crippen molar-refractivity contribution in [3.05, 3.63) is 35.9 Å². The molecule has 0 spiro atoms. The minimum absolute atomic E-state index is 0.161. The van der Waals surface area contributed by atoms with E-state index < -0.39 is 23.9 Å². The summed E-state index contributed by atoms with van der Waals surface area (Å²) in [5, 5.41) is 14.7. The normalized spacial score (nSPS) is 19.1. The first-order chi connectivity index (χ1) is 12.7. The number of benzene rings is 1. The Morgan fingerprint density at radius 3 is 2.48 bits per heavy atom. The molecule has 1 heterocycles. The van der Waals surface area contributed by atoms with Gasteiger partial charge in [0.25, 0.3) is 0 Å². The van der Waals surface area contributed by atoms with Gasteiger partial charge in [0.2, 0.25) is 0 Å². The summed E-state index contributed by atoms with van der Waals surface area (Å²) in [4.78, 5) is 13.9. The van der Waals surface area contributed by atoms with E-state index in [-0.39, 0.29) is 13.0 Å². The molecule has 0 aliphatic carbocycles. The molecule has 3 N–H and O–H groups in total. The van der Waals surface area contributed by atoms with Crippen LogP contribution < -0.4 is 10.6 Å². The van der Waals surface area contributed by atoms with E-state index in [1.807, 2.05) is 10.2 Å². The fourth-order valence-electron chi connectivity index (χ4n) is 2.88. The van der Waals surface area contributed by atoms with Crippen molar-refractivity contribution in [2.75, 3.05) is 39.4 Å². The quantitative estimate of drug-likeness (QED) is 0.662. The summed E-state index contributed by atoms with van der Waals surface area (Å²) in [6, 6.07) is 5.18. The Kier molecular flexibility index (Phi) is 7.46. The van der Waals surface area contributed by atoms with Gasteiger partial charge in [0.1, 0.15) is 6.04 Å². The maximum atomic E-state index is 13.2. The van der Waals surface area contributed by atoms with Gasteiger partial charge in [0.05, 0.1) is 18.8 Å². The lowest BCUT2D eigenvalue weighted by atomic mass is 10.1. The van der Waals surface area contributed by atoms with E-state index in [1.54, 1.807) is 30.3 Å². The van der Waals surface area contributed by atoms with Crippen molar-refractivity contribution >= 4 is 6.03 Å². The number of morpholine rings is 1. The van der Waals surface area contributed by atoms with Crippen molar-refractivity contribution < 1.29 is 27.8 Å². The predicted molar refractivity (Wildman–Crippen MR) is 94.4 cm³/mol. The summed E-state index contributed by atoms with van der Waals surface area (Å²) < 4.78 is 44.9. The zero-order valence-corrected chi connectivity index (χ0v) is 15.3. The number of hydrogen-bond donors (Lipinski definition) is 3. The Morgan fingerprint density at radius 2 is 1.89 bits per heavy atom. The maximum absolute atomic E-state index is 13.2. The van der Waals surface area contributed by atoms with Crippen molar-refractivity contribution in [1.82, 2.24) is 15.5 Å². The summed E-state index contributed by atoms with van der Waals surface area (Å²) in [5.74, 6) is 0. The first kappa shape index (κ1) is 21.5. The van der Waals surface area contributed by atoms with E-state index in [1.165, 1.54) is 6.92 Å². The minimum atomic E-state index is -4.58. The van der Waals surface area contributed by atoms with Gasteiger partial charge in [-0.2, -0.15) is 13.2 Å². The highest BCUT2D eigenvalue weighted by Gasteiger charge is 2.40. The van der Waals surface area contributed by atoms with E-state index >= 15 is 0 Å². The monoisotopic (exact) mass is 389 g/mol. The number of rotatable bonds is 7. The van der Waals surface area contributed by atoms with Gasteiger partial charge in [-0.25, -0.2) is 4.79 Å². The van der Waals surface area contributed by atoms with Crippen molar-refractivity contribution in [1.29, 1.82) is 0 Å². The van der Waals surface area contributed by atoms with Crippen LogP contribution in [0.3, 0.4) is 0 Å². The van der Waals surface area contributed by atoms with Gasteiger partial charge in [-0.1, -0.05) is 30.3 Å². The molecule has 0 saturated carbocycles. The molecule has 1 saturated heterocycles. The molecular weight excluding hydrogens is 363 g/mol. The Hall–Kier alpha value is -1.84. The highest BCUT2D eigenvalue weighted by atomic mass is 19.4. The Labute approximate surface area is 156 Å². The van der Waals surface area contributed by atoms with E-state index in [4.69, 9.17) is 4.74 Å². The molecule has 1 aromatic carbocycles. The molecule has 152 valence electrons. The lowest BCUT2D eigenvalue weighted by molar-refractivity contribution is -0.152. The molecule has 2 amide bonds. The van der Waals surface area contributed by atoms with Crippen LogP contribution in [0.25, 0.3) is 0 Å². The molecule has 1 aromatic rings. The van der Waals surface area contributed by atoms with E-state index in [9.17, 15) is 23.1 Å². The van der Waals surface area contributed by atoms with E-state index in [0.717, 1.165) is 0 Å². The number of aliphatic hydroxyl groups is 1. The lowest BCUT2D eigenvalue weighted by Crippen LogP contribution is -2.55. The van der Waals surface area contributed by atoms with Crippen molar-refractivity contribution in [2.45, 2.75) is 31.2 Å². The topological polar surface area (TPSA) is 73.8 Å². The number of hydrogen-bond acceptors (Lipinski definition) is 4. The zero-order valence-electron chi connectivity index (χ0n) is 15.3. The van der Waals surface area contributed by atoms with Gasteiger partial charge in [-0.3, -0.25) is 4.90 Å². The Balaban J connectivity index is 1.85. The summed E-state index contributed by atoms with van der Waals surface area (Å²) in [7, 11) is 0. The average Bonchev–Trinajstić information content (AvgIpc) is 2.60. The fraction of sp³-hybridized carbons (Fsp3) is 0.611. The molecular formula is C18H26F3N3O3. The molecule has 0 radical (unpaired) electrons. The van der Waals surface area contributed by atoms with Gasteiger partial charge in [0, 0.05) is 32.6 Å². The van der Waals surface area contributed by atoms with Crippen LogP contribution in [0.5, 0.6) is 0 Å². The van der Waals surface area contributed by atoms with Crippen LogP contribution in [-0.2, 0) is 11.2 Å². The fourth-order valence-corrected chi connectivity index (χ4v) is 2.88. The molecule has 1 fully saturated rings. The molecule has 1 aliphatic heterocycles. The SMILES string of the molecule is CC(O)(CNC(=O)NC(Cc1ccccc1)C(F)(F)F)CN1CCOCC1. The smallest absolute Gasteiger partial charge is 0.387 e. The second-order valence-electron chi connectivity index (χ2n) is 7.00. The predicted octanol–water partition coefficient (Wildman–Crippen LogP) is 1.54. The summed E-state index contributed by atoms with van der Waals surface area (Å²) in [6.45, 7) is 4.13. The highest BCUT2D eigenvalue weighted by molar-refractivity contribution is 5.74. The number of carbonyl (C=O) groups excluding carboxylic acids is 1. The molecule has 6 nitrogen and oxygen atoms in total. The Bertz CT molecular complexity index is 591. The lowest BCUT2D eigenvalue weighted by Gasteiger charge is -2.34. The van der Waals surface area contributed by atoms with Crippen molar-refractivity contribution in [3.8, 4) is 0 Å². The van der Waals surface area contributed by atoms with Crippen LogP contribution in [0.15, 0.2) is 30.3 Å². The van der Waals surface area contributed by atoms with Crippen LogP contribution in [0, 0.1) is 0 Å². The second kappa shape index (κ2) is 9.38. The van der Waals surface area contributed by atoms with Crippen LogP contribution in [0.4, 0.5) is 18.0 Å². The van der Waals surface area contributed by atoms with Gasteiger partial charge >= 0.3 is 12.2 Å². The minimum Gasteiger partial charge on any atom is -0.387 e. The number of carbonyl (C=O) groups is 1. The van der Waals surface area contributed by atoms with E-state index in [2.05, 4.69) is 5.32 Å². The van der Waals surface area contributed by atoms with Crippen LogP contribution in [-0.4, -0.2) is 73.2 Å². The first-order valence-corrected chi connectivity index (χ1v) is 8.83. The number of alkyl halides is 3. The van der Waals surface area contributed by atoms with Gasteiger partial charge < -0.3 is 20.5 Å². The average molecular weight is 389 g/mol. The van der Waals surface area contributed by atoms with Crippen LogP contribution in [0.2, 0.25) is 0 Å². The summed E-state index contributed by atoms with van der Waals surface area (Å²) >= 11 is 0. The number of amides is 2. The number of β-amino-alcohol motifs (C(OH)–C–C–N with tert-alkyl or cyclic N) is 1. The van der Waals surface area contributed by atoms with Gasteiger partial charge in [0.15, 0.2) is 0 Å². The zero-order chi connectivity index (χ0) is 19.9. The largest absolute Gasteiger partial charge is 0.408 e. The number of ether oxygens (including phenoxy) is 1. The third-order valence-electron chi connectivity index (χ3n) is 4.28. The molecule has 0 bridgehead atoms. The van der Waals surface area contributed by atoms with Crippen molar-refractivity contribution in [2.24, 2.45) is 0 Å². The molecule has 2 rings (SSSR count). The molecule has 9 heteroatoms. The standard InChI is InChI=1S/C18H26F3N3O3/c1-17(26,13-24-7-9-27-10-8-24)12-22-16(25)23-15(18(19,20)21)11-14-5-3-2-4-6-14/h2-6,15,26H,7-13H2,1H3,(H2,22,23,25). The Morgan fingerprint density at radius 1 is 1.26 bits per heavy atom. The van der Waals surface area contributed by atoms with Crippen LogP contribution >= 0.6 is 0 Å². The third kappa shape index (κ3) is 7.74. The number of halogens is 3. The van der Waals surface area contributed by atoms with E-state index in [0.29, 0.717) is 38.4 Å². The second-order valence-corrected chi connectivity index (χ2v) is 7.00. The van der Waals surface area contributed by atoms with Crippen molar-refractivity contribution in [3.63, 3.8) is 0 Å². The molecule has 2 unspecified atom stereocenters. The van der Waals surface area contributed by atoms with Crippen LogP contribution in [0.1, 0.15) is 12.5 Å². The first-order valence-electron chi connectivity index (χ1n) is 8.83. The number of nitrogens with zero attached hydrogens (tertiary/aromatic N) is 1. The molecule has 2 atom stereocenters. The molecule has 27 heavy (non-hydrogen) atoms. The number of urea groups is 1. The summed E-state index contributed by atoms with van der Waals surface area (Å²) in [6.07, 6.45) is -4.94. The van der Waals surface area contributed by atoms with Gasteiger partial charge in [-0.15, -0.1) is 0 Å². The molecule has 1 aliphatic rings. The number of nitrogens with one attached hydrogen (secondary N) is 2. The third-order valence-corrected chi connectivity index (χ3v) is 4.28. The molecule has 0 aromatic heterocycles. The summed E-state index contributed by atoms with van der Waals surface area (Å²) in [5.41, 5.74) is -0.790. The highest BCUT2D eigenvalue weighted by Crippen LogP contribution is 2.23. The van der Waals surface area contributed by atoms with Gasteiger partial charge in [-0.05, 0) is 12.5 Å².